The van der Waals surface area contributed by atoms with Crippen LogP contribution in [0.2, 0.25) is 0 Å². The first kappa shape index (κ1) is 13.7. The maximum atomic E-state index is 11.3. The fraction of sp³-hybridized carbons (Fsp3) is 0.778. The van der Waals surface area contributed by atoms with Gasteiger partial charge in [-0.1, -0.05) is 0 Å². The third kappa shape index (κ3) is 5.21. The molecule has 15 heavy (non-hydrogen) atoms. The smallest absolute Gasteiger partial charge is 0.332 e. The Bertz CT molecular complexity index is 230. The first-order valence-corrected chi connectivity index (χ1v) is 4.77. The monoisotopic (exact) mass is 218 g/mol. The number of carboxylic acids is 1. The minimum absolute atomic E-state index is 0.00695. The first-order chi connectivity index (χ1) is 6.86. The zero-order chi connectivity index (χ0) is 12.0. The molecule has 0 saturated carbocycles. The van der Waals surface area contributed by atoms with E-state index < -0.39 is 12.1 Å². The molecule has 0 fully saturated rings. The Hall–Kier alpha value is -1.30. The minimum Gasteiger partial charge on any atom is -0.479 e. The molecule has 88 valence electrons. The van der Waals surface area contributed by atoms with Crippen LogP contribution in [-0.2, 0) is 4.79 Å². The SMILES string of the molecule is CC(C)N(C)C(=O)NCCC(O)C(=O)O. The summed E-state index contributed by atoms with van der Waals surface area (Å²) in [5.41, 5.74) is 0. The van der Waals surface area contributed by atoms with E-state index >= 15 is 0 Å². The van der Waals surface area contributed by atoms with Crippen molar-refractivity contribution in [3.8, 4) is 0 Å². The number of aliphatic carboxylic acids is 1. The quantitative estimate of drug-likeness (QED) is 0.599. The number of nitrogens with one attached hydrogen (secondary N) is 1. The molecule has 3 N–H and O–H groups in total. The summed E-state index contributed by atoms with van der Waals surface area (Å²) in [7, 11) is 1.65. The van der Waals surface area contributed by atoms with Crippen LogP contribution in [0.3, 0.4) is 0 Å². The lowest BCUT2D eigenvalue weighted by Gasteiger charge is -2.21. The van der Waals surface area contributed by atoms with Gasteiger partial charge >= 0.3 is 12.0 Å². The Labute approximate surface area is 88.9 Å². The van der Waals surface area contributed by atoms with E-state index in [9.17, 15) is 9.59 Å². The number of aliphatic hydroxyl groups is 1. The van der Waals surface area contributed by atoms with Crippen LogP contribution < -0.4 is 5.32 Å². The van der Waals surface area contributed by atoms with Crippen molar-refractivity contribution in [2.75, 3.05) is 13.6 Å². The van der Waals surface area contributed by atoms with Gasteiger partial charge in [0.25, 0.3) is 0 Å². The van der Waals surface area contributed by atoms with Crippen LogP contribution in [-0.4, -0.2) is 52.9 Å². The molecule has 1 unspecified atom stereocenters. The molecular weight excluding hydrogens is 200 g/mol. The Morgan fingerprint density at radius 2 is 1.93 bits per heavy atom. The number of carboxylic acid groups (broad SMARTS) is 1. The molecule has 0 aromatic rings. The summed E-state index contributed by atoms with van der Waals surface area (Å²) < 4.78 is 0. The third-order valence-electron chi connectivity index (χ3n) is 2.07. The average molecular weight is 218 g/mol. The summed E-state index contributed by atoms with van der Waals surface area (Å²) in [6, 6.07) is -0.197. The van der Waals surface area contributed by atoms with Gasteiger partial charge in [-0.25, -0.2) is 9.59 Å². The highest BCUT2D eigenvalue weighted by atomic mass is 16.4. The summed E-state index contributed by atoms with van der Waals surface area (Å²) in [6.07, 6.45) is -1.41. The topological polar surface area (TPSA) is 89.9 Å². The highest BCUT2D eigenvalue weighted by Gasteiger charge is 2.14. The molecule has 2 amide bonds. The van der Waals surface area contributed by atoms with Gasteiger partial charge < -0.3 is 20.4 Å². The van der Waals surface area contributed by atoms with Crippen molar-refractivity contribution < 1.29 is 19.8 Å². The molecule has 0 radical (unpaired) electrons. The van der Waals surface area contributed by atoms with Crippen molar-refractivity contribution in [3.05, 3.63) is 0 Å². The number of nitrogens with zero attached hydrogens (tertiary/aromatic N) is 1. The third-order valence-corrected chi connectivity index (χ3v) is 2.07. The molecule has 6 nitrogen and oxygen atoms in total. The molecule has 0 spiro atoms. The number of carbonyl (C=O) groups is 2. The van der Waals surface area contributed by atoms with E-state index in [0.717, 1.165) is 0 Å². The Kier molecular flexibility index (Phi) is 5.69. The lowest BCUT2D eigenvalue weighted by atomic mass is 10.2. The molecule has 0 heterocycles. The standard InChI is InChI=1S/C9H18N2O4/c1-6(2)11(3)9(15)10-5-4-7(12)8(13)14/h6-7,12H,4-5H2,1-3H3,(H,10,15)(H,13,14). The van der Waals surface area contributed by atoms with Gasteiger partial charge in [0.05, 0.1) is 0 Å². The van der Waals surface area contributed by atoms with Crippen LogP contribution in [0.15, 0.2) is 0 Å². The second kappa shape index (κ2) is 6.23. The zero-order valence-corrected chi connectivity index (χ0v) is 9.23. The van der Waals surface area contributed by atoms with Crippen molar-refractivity contribution in [3.63, 3.8) is 0 Å². The van der Waals surface area contributed by atoms with Crippen LogP contribution in [0.1, 0.15) is 20.3 Å². The van der Waals surface area contributed by atoms with Gasteiger partial charge in [-0.05, 0) is 13.8 Å². The van der Waals surface area contributed by atoms with E-state index in [1.54, 1.807) is 7.05 Å². The van der Waals surface area contributed by atoms with Crippen LogP contribution in [0.25, 0.3) is 0 Å². The molecule has 0 aliphatic carbocycles. The minimum atomic E-state index is -1.42. The number of hydrogen-bond acceptors (Lipinski definition) is 3. The molecule has 1 atom stereocenters. The van der Waals surface area contributed by atoms with Gasteiger partial charge in [0.2, 0.25) is 0 Å². The van der Waals surface area contributed by atoms with Crippen molar-refractivity contribution >= 4 is 12.0 Å². The molecule has 0 aromatic carbocycles. The fourth-order valence-corrected chi connectivity index (χ4v) is 0.799. The largest absolute Gasteiger partial charge is 0.479 e. The lowest BCUT2D eigenvalue weighted by Crippen LogP contribution is -2.42. The molecule has 0 aliphatic rings. The highest BCUT2D eigenvalue weighted by Crippen LogP contribution is 1.95. The summed E-state index contributed by atoms with van der Waals surface area (Å²) in [6.45, 7) is 3.88. The van der Waals surface area contributed by atoms with E-state index in [2.05, 4.69) is 5.32 Å². The lowest BCUT2D eigenvalue weighted by molar-refractivity contribution is -0.146. The van der Waals surface area contributed by atoms with Crippen molar-refractivity contribution in [2.24, 2.45) is 0 Å². The Balaban J connectivity index is 3.78. The summed E-state index contributed by atoms with van der Waals surface area (Å²) in [4.78, 5) is 23.1. The Morgan fingerprint density at radius 1 is 1.40 bits per heavy atom. The maximum absolute atomic E-state index is 11.3. The van der Waals surface area contributed by atoms with Crippen molar-refractivity contribution in [1.29, 1.82) is 0 Å². The number of urea groups is 1. The number of aliphatic hydroxyl groups excluding tert-OH is 1. The molecule has 0 aromatic heterocycles. The number of hydrogen-bond donors (Lipinski definition) is 3. The average Bonchev–Trinajstić information content (AvgIpc) is 2.15. The summed E-state index contributed by atoms with van der Waals surface area (Å²) in [5, 5.41) is 19.8. The van der Waals surface area contributed by atoms with E-state index in [0.29, 0.717) is 0 Å². The Morgan fingerprint density at radius 3 is 2.33 bits per heavy atom. The predicted octanol–water partition coefficient (Wildman–Crippen LogP) is -0.128. The first-order valence-electron chi connectivity index (χ1n) is 4.77. The molecule has 6 heteroatoms. The molecular formula is C9H18N2O4. The van der Waals surface area contributed by atoms with Crippen LogP contribution in [0.5, 0.6) is 0 Å². The van der Waals surface area contributed by atoms with Crippen molar-refractivity contribution in [2.45, 2.75) is 32.4 Å². The van der Waals surface area contributed by atoms with E-state index in [4.69, 9.17) is 10.2 Å². The zero-order valence-electron chi connectivity index (χ0n) is 9.23. The van der Waals surface area contributed by atoms with Gasteiger partial charge in [-0.15, -0.1) is 0 Å². The summed E-state index contributed by atoms with van der Waals surface area (Å²) in [5.74, 6) is -1.28. The van der Waals surface area contributed by atoms with Gasteiger partial charge in [0.1, 0.15) is 0 Å². The van der Waals surface area contributed by atoms with E-state index in [-0.39, 0.29) is 25.0 Å². The van der Waals surface area contributed by atoms with E-state index in [1.807, 2.05) is 13.8 Å². The second-order valence-corrected chi connectivity index (χ2v) is 3.58. The van der Waals surface area contributed by atoms with Crippen LogP contribution in [0, 0.1) is 0 Å². The molecule has 0 rings (SSSR count). The predicted molar refractivity (Wildman–Crippen MR) is 54.6 cm³/mol. The fourth-order valence-electron chi connectivity index (χ4n) is 0.799. The number of rotatable bonds is 5. The molecule has 0 aliphatic heterocycles. The van der Waals surface area contributed by atoms with Gasteiger partial charge in [0.15, 0.2) is 6.10 Å². The van der Waals surface area contributed by atoms with Gasteiger partial charge in [-0.3, -0.25) is 0 Å². The van der Waals surface area contributed by atoms with Crippen LogP contribution >= 0.6 is 0 Å². The normalized spacial score (nSPS) is 12.3. The summed E-state index contributed by atoms with van der Waals surface area (Å²) >= 11 is 0. The number of amides is 2. The second-order valence-electron chi connectivity index (χ2n) is 3.58. The van der Waals surface area contributed by atoms with Crippen LogP contribution in [0.4, 0.5) is 4.79 Å². The maximum Gasteiger partial charge on any atom is 0.332 e. The molecule has 0 saturated heterocycles. The van der Waals surface area contributed by atoms with Crippen molar-refractivity contribution in [1.82, 2.24) is 10.2 Å². The van der Waals surface area contributed by atoms with Gasteiger partial charge in [0, 0.05) is 26.1 Å². The highest BCUT2D eigenvalue weighted by molar-refractivity contribution is 5.74. The van der Waals surface area contributed by atoms with Gasteiger partial charge in [-0.2, -0.15) is 0 Å². The number of carbonyl (C=O) groups excluding carboxylic acids is 1. The molecule has 0 bridgehead atoms. The van der Waals surface area contributed by atoms with E-state index in [1.165, 1.54) is 4.90 Å².